The molecular weight excluding hydrogens is 336 g/mol. The lowest BCUT2D eigenvalue weighted by Crippen LogP contribution is -2.38. The minimum Gasteiger partial charge on any atom is -0.449 e. The van der Waals surface area contributed by atoms with Crippen LogP contribution >= 0.6 is 11.8 Å². The normalized spacial score (nSPS) is 15.0. The highest BCUT2D eigenvalue weighted by Crippen LogP contribution is 2.28. The molecule has 1 atom stereocenters. The molecule has 2 aromatic rings. The smallest absolute Gasteiger partial charge is 0.341 e. The standard InChI is InChI=1S/C19H20N2O3S/c1-14(18(22)21-12-5-6-13-21)24-19(23)16-10-7-11-20-17(16)25-15-8-3-2-4-9-15/h2-4,7-11,14H,5-6,12-13H2,1H3/t14-/m0/s1. The summed E-state index contributed by atoms with van der Waals surface area (Å²) in [5.74, 6) is -0.654. The molecule has 1 saturated heterocycles. The van der Waals surface area contributed by atoms with Gasteiger partial charge in [-0.05, 0) is 44.0 Å². The van der Waals surface area contributed by atoms with Crippen molar-refractivity contribution >= 4 is 23.6 Å². The highest BCUT2D eigenvalue weighted by molar-refractivity contribution is 7.99. The van der Waals surface area contributed by atoms with E-state index in [9.17, 15) is 9.59 Å². The third kappa shape index (κ3) is 4.39. The maximum Gasteiger partial charge on any atom is 0.341 e. The molecule has 0 saturated carbocycles. The Morgan fingerprint density at radius 3 is 2.56 bits per heavy atom. The molecule has 1 aliphatic heterocycles. The van der Waals surface area contributed by atoms with Crippen molar-refractivity contribution in [3.8, 4) is 0 Å². The highest BCUT2D eigenvalue weighted by atomic mass is 32.2. The van der Waals surface area contributed by atoms with E-state index in [0.717, 1.165) is 30.8 Å². The van der Waals surface area contributed by atoms with Crippen molar-refractivity contribution in [1.29, 1.82) is 0 Å². The predicted octanol–water partition coefficient (Wildman–Crippen LogP) is 3.40. The van der Waals surface area contributed by atoms with Gasteiger partial charge in [-0.15, -0.1) is 0 Å². The monoisotopic (exact) mass is 356 g/mol. The van der Waals surface area contributed by atoms with Crippen LogP contribution < -0.4 is 0 Å². The predicted molar refractivity (Wildman–Crippen MR) is 95.5 cm³/mol. The average Bonchev–Trinajstić information content (AvgIpc) is 3.17. The van der Waals surface area contributed by atoms with Crippen LogP contribution in [0.1, 0.15) is 30.1 Å². The zero-order valence-electron chi connectivity index (χ0n) is 14.1. The number of aromatic nitrogens is 1. The van der Waals surface area contributed by atoms with Crippen LogP contribution in [-0.4, -0.2) is 41.0 Å². The first-order chi connectivity index (χ1) is 12.1. The number of rotatable bonds is 5. The molecule has 130 valence electrons. The number of esters is 1. The van der Waals surface area contributed by atoms with Crippen molar-refractivity contribution in [2.24, 2.45) is 0 Å². The second-order valence-corrected chi connectivity index (χ2v) is 6.91. The minimum absolute atomic E-state index is 0.132. The maximum absolute atomic E-state index is 12.5. The fourth-order valence-electron chi connectivity index (χ4n) is 2.70. The molecule has 3 rings (SSSR count). The van der Waals surface area contributed by atoms with E-state index < -0.39 is 12.1 Å². The Labute approximate surface area is 151 Å². The number of amides is 1. The molecule has 1 aliphatic rings. The van der Waals surface area contributed by atoms with Gasteiger partial charge in [0.25, 0.3) is 5.91 Å². The molecule has 1 aromatic carbocycles. The zero-order chi connectivity index (χ0) is 17.6. The van der Waals surface area contributed by atoms with E-state index in [1.807, 2.05) is 30.3 Å². The van der Waals surface area contributed by atoms with Crippen LogP contribution in [0.3, 0.4) is 0 Å². The Kier molecular flexibility index (Phi) is 5.71. The molecule has 0 bridgehead atoms. The number of ether oxygens (including phenoxy) is 1. The van der Waals surface area contributed by atoms with Gasteiger partial charge < -0.3 is 9.64 Å². The van der Waals surface area contributed by atoms with Gasteiger partial charge in [0.05, 0.1) is 5.56 Å². The van der Waals surface area contributed by atoms with E-state index in [4.69, 9.17) is 4.74 Å². The second-order valence-electron chi connectivity index (χ2n) is 5.85. The van der Waals surface area contributed by atoms with Gasteiger partial charge in [-0.1, -0.05) is 30.0 Å². The van der Waals surface area contributed by atoms with Crippen LogP contribution in [0.25, 0.3) is 0 Å². The SMILES string of the molecule is C[C@H](OC(=O)c1cccnc1Sc1ccccc1)C(=O)N1CCCC1. The van der Waals surface area contributed by atoms with Crippen LogP contribution in [0, 0.1) is 0 Å². The number of benzene rings is 1. The number of carbonyl (C=O) groups excluding carboxylic acids is 2. The molecule has 1 aromatic heterocycles. The Hall–Kier alpha value is -2.34. The fourth-order valence-corrected chi connectivity index (χ4v) is 3.59. The van der Waals surface area contributed by atoms with Gasteiger partial charge in [0, 0.05) is 24.2 Å². The summed E-state index contributed by atoms with van der Waals surface area (Å²) in [6.45, 7) is 3.10. The molecular formula is C19H20N2O3S. The summed E-state index contributed by atoms with van der Waals surface area (Å²) in [7, 11) is 0. The Bertz CT molecular complexity index is 745. The number of nitrogens with zero attached hydrogens (tertiary/aromatic N) is 2. The first kappa shape index (κ1) is 17.5. The van der Waals surface area contributed by atoms with Gasteiger partial charge in [-0.2, -0.15) is 0 Å². The largest absolute Gasteiger partial charge is 0.449 e. The Balaban J connectivity index is 1.70. The first-order valence-electron chi connectivity index (χ1n) is 8.33. The van der Waals surface area contributed by atoms with Gasteiger partial charge in [0.15, 0.2) is 6.10 Å². The molecule has 1 fully saturated rings. The van der Waals surface area contributed by atoms with Crippen LogP contribution in [0.15, 0.2) is 58.6 Å². The highest BCUT2D eigenvalue weighted by Gasteiger charge is 2.27. The molecule has 25 heavy (non-hydrogen) atoms. The Morgan fingerprint density at radius 1 is 1.12 bits per heavy atom. The third-order valence-electron chi connectivity index (χ3n) is 4.00. The van der Waals surface area contributed by atoms with Crippen molar-refractivity contribution in [2.45, 2.75) is 35.8 Å². The number of likely N-dealkylation sites (tertiary alicyclic amines) is 1. The van der Waals surface area contributed by atoms with Gasteiger partial charge in [-0.3, -0.25) is 4.79 Å². The lowest BCUT2D eigenvalue weighted by molar-refractivity contribution is -0.138. The van der Waals surface area contributed by atoms with Crippen molar-refractivity contribution in [3.05, 3.63) is 54.2 Å². The first-order valence-corrected chi connectivity index (χ1v) is 9.14. The molecule has 0 unspecified atom stereocenters. The molecule has 2 heterocycles. The van der Waals surface area contributed by atoms with Gasteiger partial charge in [0.1, 0.15) is 5.03 Å². The summed E-state index contributed by atoms with van der Waals surface area (Å²) in [5.41, 5.74) is 0.373. The summed E-state index contributed by atoms with van der Waals surface area (Å²) >= 11 is 1.40. The average molecular weight is 356 g/mol. The molecule has 6 heteroatoms. The topological polar surface area (TPSA) is 59.5 Å². The number of hydrogen-bond acceptors (Lipinski definition) is 5. The summed E-state index contributed by atoms with van der Waals surface area (Å²) in [6.07, 6.45) is 2.86. The fraction of sp³-hybridized carbons (Fsp3) is 0.316. The second kappa shape index (κ2) is 8.16. The van der Waals surface area contributed by atoms with E-state index in [1.165, 1.54) is 11.8 Å². The van der Waals surface area contributed by atoms with E-state index in [-0.39, 0.29) is 5.91 Å². The van der Waals surface area contributed by atoms with E-state index in [2.05, 4.69) is 4.98 Å². The van der Waals surface area contributed by atoms with Crippen molar-refractivity contribution in [2.75, 3.05) is 13.1 Å². The van der Waals surface area contributed by atoms with Gasteiger partial charge in [-0.25, -0.2) is 9.78 Å². The maximum atomic E-state index is 12.5. The molecule has 1 amide bonds. The minimum atomic E-state index is -0.791. The molecule has 5 nitrogen and oxygen atoms in total. The molecule has 0 N–H and O–H groups in total. The molecule has 0 aliphatic carbocycles. The van der Waals surface area contributed by atoms with Crippen LogP contribution in [-0.2, 0) is 9.53 Å². The number of hydrogen-bond donors (Lipinski definition) is 0. The summed E-state index contributed by atoms with van der Waals surface area (Å²) in [6, 6.07) is 13.1. The Morgan fingerprint density at radius 2 is 1.84 bits per heavy atom. The van der Waals surface area contributed by atoms with Crippen LogP contribution in [0.5, 0.6) is 0 Å². The lowest BCUT2D eigenvalue weighted by atomic mass is 10.3. The summed E-state index contributed by atoms with van der Waals surface area (Å²) < 4.78 is 5.41. The molecule has 0 radical (unpaired) electrons. The third-order valence-corrected chi connectivity index (χ3v) is 5.02. The summed E-state index contributed by atoms with van der Waals surface area (Å²) in [5, 5.41) is 0.569. The quantitative estimate of drug-likeness (QED) is 0.769. The van der Waals surface area contributed by atoms with Gasteiger partial charge in [0.2, 0.25) is 0 Å². The summed E-state index contributed by atoms with van der Waals surface area (Å²) in [4.78, 5) is 31.9. The van der Waals surface area contributed by atoms with Crippen LogP contribution in [0.2, 0.25) is 0 Å². The zero-order valence-corrected chi connectivity index (χ0v) is 14.9. The van der Waals surface area contributed by atoms with Crippen molar-refractivity contribution in [1.82, 2.24) is 9.88 Å². The van der Waals surface area contributed by atoms with E-state index >= 15 is 0 Å². The van der Waals surface area contributed by atoms with E-state index in [0.29, 0.717) is 10.6 Å². The van der Waals surface area contributed by atoms with E-state index in [1.54, 1.807) is 30.2 Å². The van der Waals surface area contributed by atoms with Crippen molar-refractivity contribution < 1.29 is 14.3 Å². The number of pyridine rings is 1. The lowest BCUT2D eigenvalue weighted by Gasteiger charge is -2.20. The van der Waals surface area contributed by atoms with Gasteiger partial charge >= 0.3 is 5.97 Å². The molecule has 0 spiro atoms. The van der Waals surface area contributed by atoms with Crippen LogP contribution in [0.4, 0.5) is 0 Å². The van der Waals surface area contributed by atoms with Crippen molar-refractivity contribution in [3.63, 3.8) is 0 Å². The number of carbonyl (C=O) groups is 2.